The van der Waals surface area contributed by atoms with Crippen molar-refractivity contribution in [2.24, 2.45) is 0 Å². The highest BCUT2D eigenvalue weighted by atomic mass is 16.2. The number of hydrogen-bond donors (Lipinski definition) is 2. The standard InChI is InChI=1S/C15H22N2O/c1-4-5-8-11(3)16-14-12-9-6-7-10(2)13(12)17-15(14)18/h6-7,9,11,14,16H,4-5,8H2,1-3H3,(H,17,18). The van der Waals surface area contributed by atoms with Gasteiger partial charge in [-0.3, -0.25) is 10.1 Å². The molecule has 1 aromatic carbocycles. The maximum Gasteiger partial charge on any atom is 0.246 e. The zero-order chi connectivity index (χ0) is 13.1. The van der Waals surface area contributed by atoms with Crippen LogP contribution in [-0.2, 0) is 4.79 Å². The molecule has 0 saturated carbocycles. The van der Waals surface area contributed by atoms with Gasteiger partial charge in [-0.2, -0.15) is 0 Å². The fraction of sp³-hybridized carbons (Fsp3) is 0.533. The van der Waals surface area contributed by atoms with E-state index in [0.29, 0.717) is 6.04 Å². The lowest BCUT2D eigenvalue weighted by Crippen LogP contribution is -2.34. The molecule has 0 aromatic heterocycles. The second kappa shape index (κ2) is 5.53. The lowest BCUT2D eigenvalue weighted by molar-refractivity contribution is -0.117. The maximum atomic E-state index is 12.0. The van der Waals surface area contributed by atoms with Crippen molar-refractivity contribution in [3.8, 4) is 0 Å². The summed E-state index contributed by atoms with van der Waals surface area (Å²) in [6.07, 6.45) is 3.50. The number of rotatable bonds is 5. The van der Waals surface area contributed by atoms with E-state index in [2.05, 4.69) is 24.5 Å². The largest absolute Gasteiger partial charge is 0.324 e. The first kappa shape index (κ1) is 13.1. The molecule has 0 aliphatic carbocycles. The molecule has 0 radical (unpaired) electrons. The summed E-state index contributed by atoms with van der Waals surface area (Å²) in [6, 6.07) is 6.26. The zero-order valence-corrected chi connectivity index (χ0v) is 11.4. The summed E-state index contributed by atoms with van der Waals surface area (Å²) in [4.78, 5) is 12.0. The van der Waals surface area contributed by atoms with Crippen LogP contribution in [0.25, 0.3) is 0 Å². The van der Waals surface area contributed by atoms with Gasteiger partial charge in [0, 0.05) is 17.3 Å². The van der Waals surface area contributed by atoms with Gasteiger partial charge < -0.3 is 5.32 Å². The summed E-state index contributed by atoms with van der Waals surface area (Å²) in [6.45, 7) is 6.37. The van der Waals surface area contributed by atoms with Crippen LogP contribution in [0.1, 0.15) is 50.3 Å². The van der Waals surface area contributed by atoms with Gasteiger partial charge in [0.15, 0.2) is 0 Å². The number of carbonyl (C=O) groups is 1. The number of amides is 1. The summed E-state index contributed by atoms with van der Waals surface area (Å²) >= 11 is 0. The van der Waals surface area contributed by atoms with E-state index >= 15 is 0 Å². The monoisotopic (exact) mass is 246 g/mol. The average Bonchev–Trinajstić information content (AvgIpc) is 2.66. The van der Waals surface area contributed by atoms with E-state index in [-0.39, 0.29) is 11.9 Å². The van der Waals surface area contributed by atoms with E-state index in [9.17, 15) is 4.79 Å². The third-order valence-electron chi connectivity index (χ3n) is 3.57. The summed E-state index contributed by atoms with van der Waals surface area (Å²) < 4.78 is 0. The molecule has 2 unspecified atom stereocenters. The first-order valence-electron chi connectivity index (χ1n) is 6.80. The number of unbranched alkanes of at least 4 members (excludes halogenated alkanes) is 1. The van der Waals surface area contributed by atoms with Crippen molar-refractivity contribution in [1.82, 2.24) is 5.32 Å². The number of para-hydroxylation sites is 1. The molecule has 0 spiro atoms. The summed E-state index contributed by atoms with van der Waals surface area (Å²) in [7, 11) is 0. The van der Waals surface area contributed by atoms with E-state index in [0.717, 1.165) is 23.2 Å². The van der Waals surface area contributed by atoms with Crippen LogP contribution in [0.3, 0.4) is 0 Å². The van der Waals surface area contributed by atoms with Gasteiger partial charge in [0.2, 0.25) is 5.91 Å². The number of benzene rings is 1. The predicted octanol–water partition coefficient (Wildman–Crippen LogP) is 3.16. The van der Waals surface area contributed by atoms with Crippen LogP contribution < -0.4 is 10.6 Å². The molecule has 3 heteroatoms. The van der Waals surface area contributed by atoms with Gasteiger partial charge in [-0.1, -0.05) is 38.0 Å². The van der Waals surface area contributed by atoms with Gasteiger partial charge in [0.25, 0.3) is 0 Å². The number of aryl methyl sites for hydroxylation is 1. The number of anilines is 1. The van der Waals surface area contributed by atoms with Crippen LogP contribution in [-0.4, -0.2) is 11.9 Å². The fourth-order valence-electron chi connectivity index (χ4n) is 2.48. The smallest absolute Gasteiger partial charge is 0.246 e. The van der Waals surface area contributed by atoms with Crippen molar-refractivity contribution < 1.29 is 4.79 Å². The molecule has 0 fully saturated rings. The van der Waals surface area contributed by atoms with Gasteiger partial charge in [-0.15, -0.1) is 0 Å². The Bertz CT molecular complexity index is 442. The molecule has 1 heterocycles. The first-order valence-corrected chi connectivity index (χ1v) is 6.80. The van der Waals surface area contributed by atoms with Crippen LogP contribution in [0.15, 0.2) is 18.2 Å². The van der Waals surface area contributed by atoms with Crippen molar-refractivity contribution in [3.63, 3.8) is 0 Å². The molecule has 3 nitrogen and oxygen atoms in total. The van der Waals surface area contributed by atoms with E-state index in [4.69, 9.17) is 0 Å². The third kappa shape index (κ3) is 2.56. The van der Waals surface area contributed by atoms with Gasteiger partial charge >= 0.3 is 0 Å². The van der Waals surface area contributed by atoms with Crippen LogP contribution in [0, 0.1) is 6.92 Å². The molecular formula is C15H22N2O. The number of fused-ring (bicyclic) bond motifs is 1. The minimum atomic E-state index is -0.188. The molecule has 18 heavy (non-hydrogen) atoms. The maximum absolute atomic E-state index is 12.0. The molecule has 1 amide bonds. The van der Waals surface area contributed by atoms with Crippen LogP contribution in [0.2, 0.25) is 0 Å². The molecule has 98 valence electrons. The number of nitrogens with one attached hydrogen (secondary N) is 2. The van der Waals surface area contributed by atoms with Crippen molar-refractivity contribution in [3.05, 3.63) is 29.3 Å². The molecule has 2 rings (SSSR count). The van der Waals surface area contributed by atoms with Crippen molar-refractivity contribution in [1.29, 1.82) is 0 Å². The Kier molecular flexibility index (Phi) is 4.02. The van der Waals surface area contributed by atoms with Crippen molar-refractivity contribution >= 4 is 11.6 Å². The van der Waals surface area contributed by atoms with Gasteiger partial charge in [-0.25, -0.2) is 0 Å². The Morgan fingerprint density at radius 1 is 1.44 bits per heavy atom. The molecule has 1 aromatic rings. The lowest BCUT2D eigenvalue weighted by Gasteiger charge is -2.18. The number of carbonyl (C=O) groups excluding carboxylic acids is 1. The van der Waals surface area contributed by atoms with Crippen LogP contribution >= 0.6 is 0 Å². The van der Waals surface area contributed by atoms with E-state index in [1.54, 1.807) is 0 Å². The molecule has 0 saturated heterocycles. The third-order valence-corrected chi connectivity index (χ3v) is 3.57. The number of hydrogen-bond acceptors (Lipinski definition) is 2. The average molecular weight is 246 g/mol. The van der Waals surface area contributed by atoms with Gasteiger partial charge in [0.1, 0.15) is 6.04 Å². The Morgan fingerprint density at radius 3 is 2.94 bits per heavy atom. The Hall–Kier alpha value is -1.35. The minimum Gasteiger partial charge on any atom is -0.324 e. The van der Waals surface area contributed by atoms with Crippen molar-refractivity contribution in [2.45, 2.75) is 52.1 Å². The van der Waals surface area contributed by atoms with E-state index in [1.807, 2.05) is 25.1 Å². The Balaban J connectivity index is 2.11. The molecule has 0 bridgehead atoms. The second-order valence-electron chi connectivity index (χ2n) is 5.17. The predicted molar refractivity (Wildman–Crippen MR) is 74.7 cm³/mol. The summed E-state index contributed by atoms with van der Waals surface area (Å²) in [5.74, 6) is 0.0719. The minimum absolute atomic E-state index is 0.0719. The summed E-state index contributed by atoms with van der Waals surface area (Å²) in [5.41, 5.74) is 3.21. The molecule has 1 aliphatic heterocycles. The van der Waals surface area contributed by atoms with E-state index in [1.165, 1.54) is 12.8 Å². The molecule has 2 atom stereocenters. The first-order chi connectivity index (χ1) is 8.63. The highest BCUT2D eigenvalue weighted by molar-refractivity contribution is 6.03. The quantitative estimate of drug-likeness (QED) is 0.838. The van der Waals surface area contributed by atoms with Crippen LogP contribution in [0.5, 0.6) is 0 Å². The topological polar surface area (TPSA) is 41.1 Å². The van der Waals surface area contributed by atoms with Gasteiger partial charge in [-0.05, 0) is 25.8 Å². The molecule has 1 aliphatic rings. The fourth-order valence-corrected chi connectivity index (χ4v) is 2.48. The molecular weight excluding hydrogens is 224 g/mol. The Labute approximate surface area is 109 Å². The highest BCUT2D eigenvalue weighted by Crippen LogP contribution is 2.33. The summed E-state index contributed by atoms with van der Waals surface area (Å²) in [5, 5.41) is 6.41. The lowest BCUT2D eigenvalue weighted by atomic mass is 10.0. The van der Waals surface area contributed by atoms with Crippen LogP contribution in [0.4, 0.5) is 5.69 Å². The van der Waals surface area contributed by atoms with Gasteiger partial charge in [0.05, 0.1) is 0 Å². The SMILES string of the molecule is CCCCC(C)NC1C(=O)Nc2c(C)cccc21. The van der Waals surface area contributed by atoms with Crippen molar-refractivity contribution in [2.75, 3.05) is 5.32 Å². The normalized spacial score (nSPS) is 19.5. The van der Waals surface area contributed by atoms with E-state index < -0.39 is 0 Å². The zero-order valence-electron chi connectivity index (χ0n) is 11.4. The highest BCUT2D eigenvalue weighted by Gasteiger charge is 2.31. The molecule has 2 N–H and O–H groups in total. The second-order valence-corrected chi connectivity index (χ2v) is 5.17. The Morgan fingerprint density at radius 2 is 2.22 bits per heavy atom.